The van der Waals surface area contributed by atoms with Crippen molar-refractivity contribution >= 4 is 39.2 Å². The first kappa shape index (κ1) is 20.6. The Balaban J connectivity index is 1.79. The van der Waals surface area contributed by atoms with E-state index in [1.165, 1.54) is 18.3 Å². The highest BCUT2D eigenvalue weighted by atomic mass is 35.5. The maximum absolute atomic E-state index is 13.3. The number of nitrogens with two attached hydrogens (primary N) is 1. The Morgan fingerprint density at radius 2 is 2.07 bits per heavy atom. The fourth-order valence-electron chi connectivity index (χ4n) is 2.72. The van der Waals surface area contributed by atoms with E-state index in [9.17, 15) is 14.3 Å². The number of carbonyl (C=O) groups excluding carboxylic acids is 1. The lowest BCUT2D eigenvalue weighted by molar-refractivity contribution is -0.122. The summed E-state index contributed by atoms with van der Waals surface area (Å²) in [7, 11) is 0. The molecular weight excluding hydrogens is 403 g/mol. The number of rotatable bonds is 7. The van der Waals surface area contributed by atoms with Gasteiger partial charge in [-0.3, -0.25) is 4.79 Å². The SMILES string of the molecule is CC(Cl)C(=O)NC(CF)C(O)c1ccc(-c2cnc3sc(CN)nc3c2)cc1. The van der Waals surface area contributed by atoms with E-state index in [4.69, 9.17) is 17.3 Å². The van der Waals surface area contributed by atoms with Crippen molar-refractivity contribution in [2.24, 2.45) is 5.73 Å². The third-order valence-electron chi connectivity index (χ3n) is 4.29. The van der Waals surface area contributed by atoms with Crippen LogP contribution in [0, 0.1) is 0 Å². The van der Waals surface area contributed by atoms with Crippen molar-refractivity contribution in [1.82, 2.24) is 15.3 Å². The lowest BCUT2D eigenvalue weighted by Gasteiger charge is -2.22. The molecule has 0 bridgehead atoms. The largest absolute Gasteiger partial charge is 0.386 e. The highest BCUT2D eigenvalue weighted by molar-refractivity contribution is 7.18. The maximum Gasteiger partial charge on any atom is 0.238 e. The summed E-state index contributed by atoms with van der Waals surface area (Å²) in [5.41, 5.74) is 8.64. The number of alkyl halides is 2. The maximum atomic E-state index is 13.3. The summed E-state index contributed by atoms with van der Waals surface area (Å²) in [5, 5.41) is 12.8. The number of carbonyl (C=O) groups is 1. The summed E-state index contributed by atoms with van der Waals surface area (Å²) in [6.45, 7) is 0.945. The molecular formula is C19H20ClFN4O2S. The van der Waals surface area contributed by atoms with Gasteiger partial charge in [-0.05, 0) is 24.1 Å². The molecule has 6 nitrogen and oxygen atoms in total. The van der Waals surface area contributed by atoms with E-state index in [2.05, 4.69) is 15.3 Å². The minimum Gasteiger partial charge on any atom is -0.386 e. The number of nitrogens with zero attached hydrogens (tertiary/aromatic N) is 2. The average molecular weight is 423 g/mol. The Morgan fingerprint density at radius 3 is 2.68 bits per heavy atom. The van der Waals surface area contributed by atoms with Crippen LogP contribution >= 0.6 is 22.9 Å². The first-order valence-corrected chi connectivity index (χ1v) is 9.92. The molecule has 148 valence electrons. The molecule has 3 aromatic rings. The molecule has 2 heterocycles. The molecule has 0 aliphatic carbocycles. The van der Waals surface area contributed by atoms with Gasteiger partial charge in [-0.1, -0.05) is 35.6 Å². The number of amides is 1. The van der Waals surface area contributed by atoms with Crippen LogP contribution < -0.4 is 11.1 Å². The van der Waals surface area contributed by atoms with Gasteiger partial charge in [-0.15, -0.1) is 11.6 Å². The lowest BCUT2D eigenvalue weighted by Crippen LogP contribution is -2.43. The normalized spacial score (nSPS) is 14.6. The van der Waals surface area contributed by atoms with Crippen LogP contribution in [0.3, 0.4) is 0 Å². The minimum absolute atomic E-state index is 0.373. The standard InChI is InChI=1S/C19H20ClFN4O2S/c1-10(20)18(27)25-15(7-21)17(26)12-4-2-11(3-5-12)13-6-14-19(23-9-13)28-16(8-22)24-14/h2-6,9-10,15,17,26H,7-8,22H2,1H3,(H,25,27). The molecule has 0 saturated heterocycles. The van der Waals surface area contributed by atoms with E-state index in [-0.39, 0.29) is 0 Å². The number of aliphatic hydroxyl groups excluding tert-OH is 1. The topological polar surface area (TPSA) is 101 Å². The second-order valence-electron chi connectivity index (χ2n) is 6.31. The van der Waals surface area contributed by atoms with Crippen LogP contribution in [0.5, 0.6) is 0 Å². The quantitative estimate of drug-likeness (QED) is 0.508. The Morgan fingerprint density at radius 1 is 1.36 bits per heavy atom. The molecule has 1 aromatic carbocycles. The minimum atomic E-state index is -1.19. The predicted octanol–water partition coefficient (Wildman–Crippen LogP) is 2.93. The van der Waals surface area contributed by atoms with E-state index in [1.54, 1.807) is 30.5 Å². The number of aliphatic hydroxyl groups is 1. The summed E-state index contributed by atoms with van der Waals surface area (Å²) in [5.74, 6) is -0.528. The van der Waals surface area contributed by atoms with Crippen molar-refractivity contribution in [3.63, 3.8) is 0 Å². The number of halogens is 2. The van der Waals surface area contributed by atoms with Crippen molar-refractivity contribution in [3.05, 3.63) is 47.1 Å². The van der Waals surface area contributed by atoms with Crippen molar-refractivity contribution in [2.45, 2.75) is 31.0 Å². The van der Waals surface area contributed by atoms with Crippen LogP contribution in [0.2, 0.25) is 0 Å². The van der Waals surface area contributed by atoms with E-state index < -0.39 is 30.1 Å². The van der Waals surface area contributed by atoms with Crippen molar-refractivity contribution in [1.29, 1.82) is 0 Å². The van der Waals surface area contributed by atoms with Gasteiger partial charge in [0.05, 0.1) is 6.04 Å². The molecule has 0 spiro atoms. The molecule has 28 heavy (non-hydrogen) atoms. The first-order valence-electron chi connectivity index (χ1n) is 8.67. The van der Waals surface area contributed by atoms with E-state index in [1.807, 2.05) is 6.07 Å². The molecule has 0 aliphatic rings. The van der Waals surface area contributed by atoms with Crippen molar-refractivity contribution < 1.29 is 14.3 Å². The zero-order valence-corrected chi connectivity index (χ0v) is 16.7. The monoisotopic (exact) mass is 422 g/mol. The molecule has 0 aliphatic heterocycles. The molecule has 9 heteroatoms. The third-order valence-corrected chi connectivity index (χ3v) is 5.49. The zero-order chi connectivity index (χ0) is 20.3. The summed E-state index contributed by atoms with van der Waals surface area (Å²) in [6, 6.07) is 7.85. The van der Waals surface area contributed by atoms with Crippen LogP contribution in [0.25, 0.3) is 21.5 Å². The smallest absolute Gasteiger partial charge is 0.238 e. The highest BCUT2D eigenvalue weighted by Crippen LogP contribution is 2.27. The Kier molecular flexibility index (Phi) is 6.56. The molecule has 3 unspecified atom stereocenters. The fourth-order valence-corrected chi connectivity index (χ4v) is 3.55. The van der Waals surface area contributed by atoms with Crippen LogP contribution in [0.4, 0.5) is 4.39 Å². The summed E-state index contributed by atoms with van der Waals surface area (Å²) in [6.07, 6.45) is 0.559. The lowest BCUT2D eigenvalue weighted by atomic mass is 9.99. The number of hydrogen-bond acceptors (Lipinski definition) is 6. The van der Waals surface area contributed by atoms with Gasteiger partial charge < -0.3 is 16.2 Å². The van der Waals surface area contributed by atoms with Gasteiger partial charge in [-0.2, -0.15) is 0 Å². The van der Waals surface area contributed by atoms with Gasteiger partial charge >= 0.3 is 0 Å². The molecule has 3 atom stereocenters. The van der Waals surface area contributed by atoms with Gasteiger partial charge in [0.1, 0.15) is 33.5 Å². The van der Waals surface area contributed by atoms with Crippen molar-refractivity contribution in [3.8, 4) is 11.1 Å². The molecule has 1 amide bonds. The van der Waals surface area contributed by atoms with Gasteiger partial charge in [0.2, 0.25) is 5.91 Å². The second-order valence-corrected chi connectivity index (χ2v) is 8.03. The molecule has 3 rings (SSSR count). The fraction of sp³-hybridized carbons (Fsp3) is 0.316. The number of benzene rings is 1. The zero-order valence-electron chi connectivity index (χ0n) is 15.1. The van der Waals surface area contributed by atoms with E-state index >= 15 is 0 Å². The number of hydrogen-bond donors (Lipinski definition) is 3. The van der Waals surface area contributed by atoms with Crippen LogP contribution in [0.15, 0.2) is 36.5 Å². The molecule has 4 N–H and O–H groups in total. The van der Waals surface area contributed by atoms with Gasteiger partial charge in [-0.25, -0.2) is 14.4 Å². The van der Waals surface area contributed by atoms with Crippen LogP contribution in [-0.4, -0.2) is 39.1 Å². The van der Waals surface area contributed by atoms with Gasteiger partial charge in [0.25, 0.3) is 0 Å². The first-order chi connectivity index (χ1) is 13.4. The Hall–Kier alpha value is -2.13. The number of fused-ring (bicyclic) bond motifs is 1. The number of aromatic nitrogens is 2. The van der Waals surface area contributed by atoms with Gasteiger partial charge in [0, 0.05) is 18.3 Å². The Labute approximate surface area is 170 Å². The third kappa shape index (κ3) is 4.47. The second kappa shape index (κ2) is 8.91. The summed E-state index contributed by atoms with van der Waals surface area (Å²) < 4.78 is 13.3. The molecule has 2 aromatic heterocycles. The van der Waals surface area contributed by atoms with Crippen LogP contribution in [0.1, 0.15) is 23.6 Å². The molecule has 0 saturated carbocycles. The molecule has 0 radical (unpaired) electrons. The number of thiazole rings is 1. The van der Waals surface area contributed by atoms with Crippen molar-refractivity contribution in [2.75, 3.05) is 6.67 Å². The van der Waals surface area contributed by atoms with E-state index in [0.29, 0.717) is 12.1 Å². The summed E-state index contributed by atoms with van der Waals surface area (Å²) >= 11 is 7.15. The van der Waals surface area contributed by atoms with E-state index in [0.717, 1.165) is 26.5 Å². The van der Waals surface area contributed by atoms with Crippen LogP contribution in [-0.2, 0) is 11.3 Å². The summed E-state index contributed by atoms with van der Waals surface area (Å²) in [4.78, 5) is 21.4. The molecule has 0 fully saturated rings. The Bertz CT molecular complexity index is 964. The highest BCUT2D eigenvalue weighted by Gasteiger charge is 2.24. The average Bonchev–Trinajstić information content (AvgIpc) is 3.13. The number of nitrogens with one attached hydrogen (secondary N) is 1. The predicted molar refractivity (Wildman–Crippen MR) is 109 cm³/mol. The number of pyridine rings is 1. The van der Waals surface area contributed by atoms with Gasteiger partial charge in [0.15, 0.2) is 0 Å².